The first-order valence-electron chi connectivity index (χ1n) is 9.16. The number of carbonyl (C=O) groups is 1. The number of carbonyl (C=O) groups excluding carboxylic acids is 1. The number of ether oxygens (including phenoxy) is 2. The average molecular weight is 347 g/mol. The molecule has 6 nitrogen and oxygen atoms in total. The lowest BCUT2D eigenvalue weighted by Gasteiger charge is -2.37. The molecule has 1 aromatic carbocycles. The molecule has 2 saturated heterocycles. The van der Waals surface area contributed by atoms with Crippen molar-refractivity contribution in [3.63, 3.8) is 0 Å². The van der Waals surface area contributed by atoms with Crippen LogP contribution >= 0.6 is 0 Å². The topological polar surface area (TPSA) is 62.8 Å². The van der Waals surface area contributed by atoms with Crippen molar-refractivity contribution < 1.29 is 14.3 Å². The van der Waals surface area contributed by atoms with Crippen molar-refractivity contribution in [2.24, 2.45) is 0 Å². The third kappa shape index (κ3) is 4.39. The summed E-state index contributed by atoms with van der Waals surface area (Å²) in [7, 11) is 1.64. The molecule has 1 unspecified atom stereocenters. The third-order valence-electron chi connectivity index (χ3n) is 5.34. The number of morpholine rings is 1. The summed E-state index contributed by atoms with van der Waals surface area (Å²) in [5, 5.41) is 6.45. The van der Waals surface area contributed by atoms with Crippen LogP contribution in [0.4, 0.5) is 0 Å². The maximum atomic E-state index is 12.9. The second-order valence-electron chi connectivity index (χ2n) is 6.73. The van der Waals surface area contributed by atoms with Gasteiger partial charge in [0.05, 0.1) is 19.3 Å². The standard InChI is InChI=1S/C19H29N3O3/c1-24-19(7-9-20-10-8-19)18(23)21-15-17(16-5-3-2-4-6-16)22-11-13-25-14-12-22/h2-6,17,20H,7-15H2,1H3,(H,21,23). The van der Waals surface area contributed by atoms with Gasteiger partial charge in [-0.25, -0.2) is 0 Å². The molecule has 0 saturated carbocycles. The van der Waals surface area contributed by atoms with Gasteiger partial charge < -0.3 is 20.1 Å². The Hall–Kier alpha value is -1.47. The molecule has 2 aliphatic rings. The molecule has 3 rings (SSSR count). The number of nitrogens with zero attached hydrogens (tertiary/aromatic N) is 1. The number of hydrogen-bond acceptors (Lipinski definition) is 5. The van der Waals surface area contributed by atoms with Crippen molar-refractivity contribution in [3.05, 3.63) is 35.9 Å². The van der Waals surface area contributed by atoms with Gasteiger partial charge in [0, 0.05) is 26.7 Å². The van der Waals surface area contributed by atoms with E-state index in [1.807, 2.05) is 18.2 Å². The van der Waals surface area contributed by atoms with Crippen LogP contribution in [0.1, 0.15) is 24.4 Å². The molecule has 1 aromatic rings. The molecular weight excluding hydrogens is 318 g/mol. The molecule has 25 heavy (non-hydrogen) atoms. The van der Waals surface area contributed by atoms with E-state index in [0.29, 0.717) is 19.4 Å². The van der Waals surface area contributed by atoms with Gasteiger partial charge in [0.2, 0.25) is 0 Å². The fourth-order valence-electron chi connectivity index (χ4n) is 3.73. The van der Waals surface area contributed by atoms with Gasteiger partial charge in [-0.05, 0) is 31.5 Å². The number of nitrogens with one attached hydrogen (secondary N) is 2. The maximum Gasteiger partial charge on any atom is 0.252 e. The van der Waals surface area contributed by atoms with Crippen molar-refractivity contribution in [2.75, 3.05) is 53.0 Å². The lowest BCUT2D eigenvalue weighted by molar-refractivity contribution is -0.147. The summed E-state index contributed by atoms with van der Waals surface area (Å²) in [6.45, 7) is 5.46. The molecule has 0 aromatic heterocycles. The summed E-state index contributed by atoms with van der Waals surface area (Å²) < 4.78 is 11.1. The first kappa shape index (κ1) is 18.3. The number of piperidine rings is 1. The van der Waals surface area contributed by atoms with E-state index < -0.39 is 5.60 Å². The van der Waals surface area contributed by atoms with Gasteiger partial charge in [-0.3, -0.25) is 9.69 Å². The van der Waals surface area contributed by atoms with Crippen LogP contribution in [0, 0.1) is 0 Å². The highest BCUT2D eigenvalue weighted by Crippen LogP contribution is 2.24. The highest BCUT2D eigenvalue weighted by Gasteiger charge is 2.40. The van der Waals surface area contributed by atoms with Gasteiger partial charge in [-0.1, -0.05) is 30.3 Å². The summed E-state index contributed by atoms with van der Waals surface area (Å²) in [5.41, 5.74) is 0.527. The molecule has 1 amide bonds. The smallest absolute Gasteiger partial charge is 0.252 e. The molecule has 2 N–H and O–H groups in total. The first-order chi connectivity index (χ1) is 12.2. The van der Waals surface area contributed by atoms with Crippen LogP contribution in [0.15, 0.2) is 30.3 Å². The minimum atomic E-state index is -0.697. The summed E-state index contributed by atoms with van der Waals surface area (Å²) in [4.78, 5) is 15.3. The Labute approximate surface area is 149 Å². The molecule has 2 aliphatic heterocycles. The normalized spacial score (nSPS) is 22.3. The second-order valence-corrected chi connectivity index (χ2v) is 6.73. The quantitative estimate of drug-likeness (QED) is 0.802. The zero-order valence-electron chi connectivity index (χ0n) is 15.0. The van der Waals surface area contributed by atoms with Gasteiger partial charge in [0.25, 0.3) is 5.91 Å². The number of amides is 1. The number of hydrogen-bond donors (Lipinski definition) is 2. The SMILES string of the molecule is COC1(C(=O)NCC(c2ccccc2)N2CCOCC2)CCNCC1. The molecule has 0 spiro atoms. The summed E-state index contributed by atoms with van der Waals surface area (Å²) >= 11 is 0. The molecule has 0 bridgehead atoms. The Morgan fingerprint density at radius 2 is 1.96 bits per heavy atom. The van der Waals surface area contributed by atoms with Crippen molar-refractivity contribution in [1.82, 2.24) is 15.5 Å². The highest BCUT2D eigenvalue weighted by molar-refractivity contribution is 5.85. The molecule has 6 heteroatoms. The van der Waals surface area contributed by atoms with E-state index in [4.69, 9.17) is 9.47 Å². The lowest BCUT2D eigenvalue weighted by Crippen LogP contribution is -2.55. The Morgan fingerprint density at radius 3 is 2.60 bits per heavy atom. The predicted molar refractivity (Wildman–Crippen MR) is 96.4 cm³/mol. The van der Waals surface area contributed by atoms with Gasteiger partial charge >= 0.3 is 0 Å². The van der Waals surface area contributed by atoms with E-state index in [1.165, 1.54) is 5.56 Å². The monoisotopic (exact) mass is 347 g/mol. The van der Waals surface area contributed by atoms with E-state index in [1.54, 1.807) is 7.11 Å². The van der Waals surface area contributed by atoms with Crippen LogP contribution < -0.4 is 10.6 Å². The first-order valence-corrected chi connectivity index (χ1v) is 9.16. The van der Waals surface area contributed by atoms with Gasteiger partial charge in [-0.2, -0.15) is 0 Å². The average Bonchev–Trinajstić information content (AvgIpc) is 2.70. The van der Waals surface area contributed by atoms with E-state index in [9.17, 15) is 4.79 Å². The summed E-state index contributed by atoms with van der Waals surface area (Å²) in [5.74, 6) is 0.00527. The molecule has 0 aliphatic carbocycles. The van der Waals surface area contributed by atoms with Gasteiger partial charge in [-0.15, -0.1) is 0 Å². The van der Waals surface area contributed by atoms with Gasteiger partial charge in [0.15, 0.2) is 0 Å². The van der Waals surface area contributed by atoms with Crippen LogP contribution in [0.2, 0.25) is 0 Å². The highest BCUT2D eigenvalue weighted by atomic mass is 16.5. The van der Waals surface area contributed by atoms with E-state index in [0.717, 1.165) is 39.4 Å². The molecule has 138 valence electrons. The molecule has 2 fully saturated rings. The zero-order valence-corrected chi connectivity index (χ0v) is 15.0. The Bertz CT molecular complexity index is 540. The van der Waals surface area contributed by atoms with Crippen LogP contribution in [0.3, 0.4) is 0 Å². The zero-order chi connectivity index (χ0) is 17.5. The molecule has 0 radical (unpaired) electrons. The van der Waals surface area contributed by atoms with Crippen LogP contribution in [0.25, 0.3) is 0 Å². The predicted octanol–water partition coefficient (Wildman–Crippen LogP) is 0.945. The van der Waals surface area contributed by atoms with Crippen LogP contribution in [-0.4, -0.2) is 69.5 Å². The van der Waals surface area contributed by atoms with Crippen molar-refractivity contribution in [2.45, 2.75) is 24.5 Å². The molecule has 2 heterocycles. The van der Waals surface area contributed by atoms with E-state index in [2.05, 4.69) is 27.7 Å². The van der Waals surface area contributed by atoms with E-state index >= 15 is 0 Å². The Morgan fingerprint density at radius 1 is 1.28 bits per heavy atom. The lowest BCUT2D eigenvalue weighted by atomic mass is 9.91. The largest absolute Gasteiger partial charge is 0.379 e. The number of rotatable bonds is 6. The fourth-order valence-corrected chi connectivity index (χ4v) is 3.73. The Kier molecular flexibility index (Phi) is 6.42. The second kappa shape index (κ2) is 8.76. The van der Waals surface area contributed by atoms with Crippen molar-refractivity contribution in [3.8, 4) is 0 Å². The van der Waals surface area contributed by atoms with Crippen LogP contribution in [-0.2, 0) is 14.3 Å². The minimum absolute atomic E-state index is 0.00527. The van der Waals surface area contributed by atoms with Crippen molar-refractivity contribution in [1.29, 1.82) is 0 Å². The summed E-state index contributed by atoms with van der Waals surface area (Å²) in [6, 6.07) is 10.5. The number of methoxy groups -OCH3 is 1. The van der Waals surface area contributed by atoms with Crippen molar-refractivity contribution >= 4 is 5.91 Å². The van der Waals surface area contributed by atoms with Gasteiger partial charge in [0.1, 0.15) is 5.60 Å². The summed E-state index contributed by atoms with van der Waals surface area (Å²) in [6.07, 6.45) is 1.42. The Balaban J connectivity index is 1.68. The van der Waals surface area contributed by atoms with E-state index in [-0.39, 0.29) is 11.9 Å². The molecular formula is C19H29N3O3. The molecule has 1 atom stereocenters. The third-order valence-corrected chi connectivity index (χ3v) is 5.34. The van der Waals surface area contributed by atoms with Crippen LogP contribution in [0.5, 0.6) is 0 Å². The minimum Gasteiger partial charge on any atom is -0.379 e. The fraction of sp³-hybridized carbons (Fsp3) is 0.632. The number of benzene rings is 1. The maximum absolute atomic E-state index is 12.9.